The number of nitrogens with zero attached hydrogens (tertiary/aromatic N) is 5. The molecule has 0 aliphatic heterocycles. The number of nitrogens with one attached hydrogen (secondary N) is 1. The average molecular weight is 493 g/mol. The van der Waals surface area contributed by atoms with E-state index in [9.17, 15) is 18.0 Å². The van der Waals surface area contributed by atoms with Gasteiger partial charge in [-0.3, -0.25) is 9.20 Å². The molecule has 5 rings (SSSR count). The second kappa shape index (κ2) is 9.10. The van der Waals surface area contributed by atoms with Crippen LogP contribution >= 0.6 is 0 Å². The molecule has 7 nitrogen and oxygen atoms in total. The lowest BCUT2D eigenvalue weighted by atomic mass is 10.0. The van der Waals surface area contributed by atoms with Gasteiger partial charge in [0.2, 0.25) is 5.91 Å². The van der Waals surface area contributed by atoms with Crippen LogP contribution in [-0.4, -0.2) is 30.1 Å². The van der Waals surface area contributed by atoms with Crippen LogP contribution in [0.15, 0.2) is 60.9 Å². The number of aromatic nitrogens is 5. The molecule has 0 fully saturated rings. The highest BCUT2D eigenvalue weighted by Gasteiger charge is 2.32. The molecule has 184 valence electrons. The Kier molecular flexibility index (Phi) is 5.95. The van der Waals surface area contributed by atoms with Gasteiger partial charge in [-0.25, -0.2) is 4.52 Å². The minimum atomic E-state index is -4.47. The Morgan fingerprint density at radius 2 is 1.81 bits per heavy atom. The van der Waals surface area contributed by atoms with Crippen molar-refractivity contribution in [1.82, 2.24) is 29.5 Å². The number of rotatable bonds is 6. The number of aryl methyl sites for hydroxylation is 3. The molecule has 1 N–H and O–H groups in total. The summed E-state index contributed by atoms with van der Waals surface area (Å²) in [4.78, 5) is 12.4. The van der Waals surface area contributed by atoms with Crippen LogP contribution in [0.3, 0.4) is 0 Å². The first-order valence-electron chi connectivity index (χ1n) is 11.4. The molecule has 5 aromatic rings. The Morgan fingerprint density at radius 3 is 2.58 bits per heavy atom. The van der Waals surface area contributed by atoms with Gasteiger partial charge in [-0.05, 0) is 48.7 Å². The van der Waals surface area contributed by atoms with E-state index in [1.54, 1.807) is 21.3 Å². The molecule has 0 radical (unpaired) electrons. The fourth-order valence-electron chi connectivity index (χ4n) is 4.13. The Balaban J connectivity index is 1.30. The number of alkyl halides is 3. The van der Waals surface area contributed by atoms with Crippen LogP contribution in [0.1, 0.15) is 34.5 Å². The summed E-state index contributed by atoms with van der Waals surface area (Å²) in [5, 5.41) is 15.8. The van der Waals surface area contributed by atoms with E-state index in [1.165, 1.54) is 29.3 Å². The molecule has 2 aromatic carbocycles. The highest BCUT2D eigenvalue weighted by Crippen LogP contribution is 2.31. The van der Waals surface area contributed by atoms with Crippen molar-refractivity contribution in [2.45, 2.75) is 39.4 Å². The van der Waals surface area contributed by atoms with Gasteiger partial charge in [-0.15, -0.1) is 10.2 Å². The van der Waals surface area contributed by atoms with Crippen LogP contribution < -0.4 is 5.32 Å². The first-order valence-corrected chi connectivity index (χ1v) is 11.4. The lowest BCUT2D eigenvalue weighted by Gasteiger charge is -2.13. The fraction of sp³-hybridized carbons (Fsp3) is 0.231. The molecule has 0 aliphatic carbocycles. The molecular formula is C26H23F3N6O. The summed E-state index contributed by atoms with van der Waals surface area (Å²) in [6.45, 7) is 3.92. The van der Waals surface area contributed by atoms with Crippen LogP contribution in [0.25, 0.3) is 22.4 Å². The van der Waals surface area contributed by atoms with Gasteiger partial charge in [-0.1, -0.05) is 30.3 Å². The summed E-state index contributed by atoms with van der Waals surface area (Å²) in [6, 6.07) is 13.3. The molecule has 0 bridgehead atoms. The smallest absolute Gasteiger partial charge is 0.352 e. The summed E-state index contributed by atoms with van der Waals surface area (Å²) >= 11 is 0. The Bertz CT molecular complexity index is 1580. The van der Waals surface area contributed by atoms with Crippen LogP contribution in [0.5, 0.6) is 0 Å². The van der Waals surface area contributed by atoms with E-state index >= 15 is 0 Å². The van der Waals surface area contributed by atoms with Gasteiger partial charge in [0.1, 0.15) is 11.3 Å². The first kappa shape index (κ1) is 23.5. The molecule has 1 amide bonds. The highest BCUT2D eigenvalue weighted by atomic mass is 19.4. The van der Waals surface area contributed by atoms with E-state index < -0.39 is 11.7 Å². The molecule has 0 atom stereocenters. The van der Waals surface area contributed by atoms with E-state index in [2.05, 4.69) is 46.6 Å². The zero-order valence-corrected chi connectivity index (χ0v) is 19.7. The maximum Gasteiger partial charge on any atom is 0.416 e. The van der Waals surface area contributed by atoms with E-state index in [4.69, 9.17) is 0 Å². The van der Waals surface area contributed by atoms with Crippen LogP contribution in [0.2, 0.25) is 0 Å². The van der Waals surface area contributed by atoms with Crippen molar-refractivity contribution >= 4 is 17.1 Å². The van der Waals surface area contributed by atoms with Gasteiger partial charge in [0.15, 0.2) is 5.65 Å². The zero-order valence-electron chi connectivity index (χ0n) is 19.7. The minimum absolute atomic E-state index is 0.0222. The molecule has 36 heavy (non-hydrogen) atoms. The molecule has 3 aromatic heterocycles. The third kappa shape index (κ3) is 4.53. The van der Waals surface area contributed by atoms with Crippen molar-refractivity contribution in [1.29, 1.82) is 0 Å². The number of fused-ring (bicyclic) bond motifs is 3. The van der Waals surface area contributed by atoms with Crippen molar-refractivity contribution in [3.8, 4) is 11.3 Å². The summed E-state index contributed by atoms with van der Waals surface area (Å²) in [6.07, 6.45) is -0.547. The first-order chi connectivity index (χ1) is 17.2. The van der Waals surface area contributed by atoms with Crippen molar-refractivity contribution in [2.75, 3.05) is 0 Å². The van der Waals surface area contributed by atoms with E-state index in [-0.39, 0.29) is 30.9 Å². The SMILES string of the molecule is Cc1ccc(-c2cc3c4nnc(CCC(=O)NCc5ccccc5C(F)(F)F)n4ccn3n2)cc1C. The van der Waals surface area contributed by atoms with Gasteiger partial charge in [0.25, 0.3) is 0 Å². The predicted molar refractivity (Wildman–Crippen MR) is 128 cm³/mol. The molecule has 0 unspecified atom stereocenters. The normalized spacial score (nSPS) is 11.9. The van der Waals surface area contributed by atoms with Crippen molar-refractivity contribution in [3.05, 3.63) is 89.0 Å². The van der Waals surface area contributed by atoms with Gasteiger partial charge in [-0.2, -0.15) is 18.3 Å². The third-order valence-corrected chi connectivity index (χ3v) is 6.27. The summed E-state index contributed by atoms with van der Waals surface area (Å²) < 4.78 is 43.0. The predicted octanol–water partition coefficient (Wildman–Crippen LogP) is 4.93. The number of hydrogen-bond acceptors (Lipinski definition) is 4. The lowest BCUT2D eigenvalue weighted by Crippen LogP contribution is -2.25. The third-order valence-electron chi connectivity index (χ3n) is 6.27. The molecule has 10 heteroatoms. The van der Waals surface area contributed by atoms with E-state index in [1.807, 2.05) is 12.1 Å². The Hall–Kier alpha value is -4.21. The van der Waals surface area contributed by atoms with Crippen molar-refractivity contribution in [3.63, 3.8) is 0 Å². The lowest BCUT2D eigenvalue weighted by molar-refractivity contribution is -0.138. The number of halogens is 3. The molecular weight excluding hydrogens is 469 g/mol. The number of benzene rings is 2. The molecule has 0 saturated carbocycles. The number of amides is 1. The number of hydrogen-bond donors (Lipinski definition) is 1. The molecule has 3 heterocycles. The second-order valence-corrected chi connectivity index (χ2v) is 8.70. The Morgan fingerprint density at radius 1 is 1.00 bits per heavy atom. The largest absolute Gasteiger partial charge is 0.416 e. The summed E-state index contributed by atoms with van der Waals surface area (Å²) in [7, 11) is 0. The average Bonchev–Trinajstić information content (AvgIpc) is 3.46. The minimum Gasteiger partial charge on any atom is -0.352 e. The summed E-state index contributed by atoms with van der Waals surface area (Å²) in [5.41, 5.74) is 4.86. The van der Waals surface area contributed by atoms with Gasteiger partial charge in [0, 0.05) is 37.3 Å². The fourth-order valence-corrected chi connectivity index (χ4v) is 4.13. The van der Waals surface area contributed by atoms with E-state index in [0.717, 1.165) is 22.8 Å². The second-order valence-electron chi connectivity index (χ2n) is 8.70. The van der Waals surface area contributed by atoms with E-state index in [0.29, 0.717) is 11.5 Å². The van der Waals surface area contributed by atoms with Gasteiger partial charge < -0.3 is 5.32 Å². The van der Waals surface area contributed by atoms with Crippen molar-refractivity contribution < 1.29 is 18.0 Å². The maximum atomic E-state index is 13.2. The number of carbonyl (C=O) groups excluding carboxylic acids is 1. The zero-order chi connectivity index (χ0) is 25.4. The quantitative estimate of drug-likeness (QED) is 0.365. The monoisotopic (exact) mass is 492 g/mol. The van der Waals surface area contributed by atoms with Gasteiger partial charge in [0.05, 0.1) is 11.3 Å². The maximum absolute atomic E-state index is 13.2. The van der Waals surface area contributed by atoms with Crippen LogP contribution in [0, 0.1) is 13.8 Å². The summed E-state index contributed by atoms with van der Waals surface area (Å²) in [5.74, 6) is 0.207. The van der Waals surface area contributed by atoms with Crippen molar-refractivity contribution in [2.24, 2.45) is 0 Å². The standard InChI is InChI=1S/C26H23F3N6O/c1-16-7-8-18(13-17(16)2)21-14-22-25-32-31-23(34(25)11-12-35(22)33-21)9-10-24(36)30-15-19-5-3-4-6-20(19)26(27,28)29/h3-8,11-14H,9-10,15H2,1-2H3,(H,30,36). The molecule has 0 aliphatic rings. The molecule has 0 saturated heterocycles. The topological polar surface area (TPSA) is 76.6 Å². The highest BCUT2D eigenvalue weighted by molar-refractivity contribution is 5.78. The Labute approximate surface area is 204 Å². The van der Waals surface area contributed by atoms with Gasteiger partial charge >= 0.3 is 6.18 Å². The molecule has 0 spiro atoms. The van der Waals surface area contributed by atoms with Crippen LogP contribution in [0.4, 0.5) is 13.2 Å². The number of carbonyl (C=O) groups is 1. The van der Waals surface area contributed by atoms with Crippen LogP contribution in [-0.2, 0) is 23.9 Å².